The van der Waals surface area contributed by atoms with Crippen LogP contribution in [0.15, 0.2) is 30.4 Å². The van der Waals surface area contributed by atoms with Gasteiger partial charge in [0.1, 0.15) is 0 Å². The number of hydrogen-bond donors (Lipinski definition) is 0. The minimum Gasteiger partial charge on any atom is -0.422 e. The van der Waals surface area contributed by atoms with E-state index in [0.29, 0.717) is 5.02 Å². The van der Waals surface area contributed by atoms with E-state index in [1.54, 1.807) is 6.08 Å². The minimum atomic E-state index is -1.60. The normalized spacial score (nSPS) is 29.6. The number of amides is 2. The van der Waals surface area contributed by atoms with Crippen molar-refractivity contribution in [3.8, 4) is 0 Å². The lowest BCUT2D eigenvalue weighted by atomic mass is 9.76. The molecule has 8 nitrogen and oxygen atoms in total. The standard InChI is InChI=1S/C19H15Cl2NO7/c1-8(23)27-18(28-9(2)24)19-6-5-13(29-19)14-15(19)17(26)22(16(14)25)12-4-3-10(20)7-11(12)21/h3-7,13-15,18H,1-2H3/t13-,14+,15-,19-/m0/s1. The van der Waals surface area contributed by atoms with E-state index in [1.807, 2.05) is 0 Å². The van der Waals surface area contributed by atoms with Gasteiger partial charge in [-0.3, -0.25) is 19.2 Å². The van der Waals surface area contributed by atoms with Crippen molar-refractivity contribution < 1.29 is 33.4 Å². The van der Waals surface area contributed by atoms with Crippen LogP contribution in [0.1, 0.15) is 13.8 Å². The van der Waals surface area contributed by atoms with E-state index in [2.05, 4.69) is 0 Å². The zero-order valence-electron chi connectivity index (χ0n) is 15.3. The van der Waals surface area contributed by atoms with Crippen molar-refractivity contribution in [2.75, 3.05) is 4.90 Å². The molecule has 3 aliphatic heterocycles. The van der Waals surface area contributed by atoms with E-state index in [9.17, 15) is 19.2 Å². The fraction of sp³-hybridized carbons (Fsp3) is 0.368. The topological polar surface area (TPSA) is 99.2 Å². The molecule has 2 fully saturated rings. The molecule has 3 heterocycles. The number of nitrogens with zero attached hydrogens (tertiary/aromatic N) is 1. The first-order valence-electron chi connectivity index (χ1n) is 8.70. The van der Waals surface area contributed by atoms with Crippen LogP contribution in [-0.2, 0) is 33.4 Å². The third-order valence-electron chi connectivity index (χ3n) is 5.14. The number of halogens is 2. The van der Waals surface area contributed by atoms with Gasteiger partial charge in [-0.2, -0.15) is 0 Å². The number of rotatable bonds is 4. The molecule has 0 spiro atoms. The Labute approximate surface area is 175 Å². The van der Waals surface area contributed by atoms with Gasteiger partial charge >= 0.3 is 11.9 Å². The second kappa shape index (κ2) is 6.83. The van der Waals surface area contributed by atoms with Gasteiger partial charge in [0, 0.05) is 18.9 Å². The Hall–Kier alpha value is -2.42. The van der Waals surface area contributed by atoms with Crippen molar-refractivity contribution in [2.45, 2.75) is 31.8 Å². The van der Waals surface area contributed by atoms with Gasteiger partial charge < -0.3 is 14.2 Å². The van der Waals surface area contributed by atoms with E-state index in [0.717, 1.165) is 18.7 Å². The highest BCUT2D eigenvalue weighted by Gasteiger charge is 2.72. The molecule has 0 saturated carbocycles. The fourth-order valence-electron chi connectivity index (χ4n) is 4.12. The number of anilines is 1. The molecule has 1 aromatic carbocycles. The Balaban J connectivity index is 1.76. The fourth-order valence-corrected chi connectivity index (χ4v) is 4.61. The van der Waals surface area contributed by atoms with E-state index in [-0.39, 0.29) is 10.7 Å². The molecule has 2 saturated heterocycles. The molecule has 0 aliphatic carbocycles. The second-order valence-corrected chi connectivity index (χ2v) is 7.80. The lowest BCUT2D eigenvalue weighted by Crippen LogP contribution is -2.52. The quantitative estimate of drug-likeness (QED) is 0.307. The molecule has 10 heteroatoms. The summed E-state index contributed by atoms with van der Waals surface area (Å²) in [5.41, 5.74) is -1.42. The van der Waals surface area contributed by atoms with Crippen molar-refractivity contribution in [1.29, 1.82) is 0 Å². The summed E-state index contributed by atoms with van der Waals surface area (Å²) >= 11 is 12.1. The van der Waals surface area contributed by atoms with E-state index in [1.165, 1.54) is 24.3 Å². The molecule has 0 unspecified atom stereocenters. The molecule has 2 bridgehead atoms. The van der Waals surface area contributed by atoms with Crippen LogP contribution in [0.3, 0.4) is 0 Å². The third-order valence-corrected chi connectivity index (χ3v) is 5.68. The smallest absolute Gasteiger partial charge is 0.305 e. The first-order valence-corrected chi connectivity index (χ1v) is 9.46. The van der Waals surface area contributed by atoms with Gasteiger partial charge in [-0.15, -0.1) is 0 Å². The molecule has 2 amide bonds. The maximum absolute atomic E-state index is 13.3. The molecule has 4 atom stereocenters. The van der Waals surface area contributed by atoms with Crippen LogP contribution >= 0.6 is 23.2 Å². The van der Waals surface area contributed by atoms with Crippen LogP contribution in [0.4, 0.5) is 5.69 Å². The summed E-state index contributed by atoms with van der Waals surface area (Å²) < 4.78 is 16.2. The molecule has 0 N–H and O–H groups in total. The lowest BCUT2D eigenvalue weighted by molar-refractivity contribution is -0.226. The number of esters is 2. The number of carbonyl (C=O) groups is 4. The Morgan fingerprint density at radius 2 is 1.79 bits per heavy atom. The number of carbonyl (C=O) groups excluding carboxylic acids is 4. The van der Waals surface area contributed by atoms with Crippen molar-refractivity contribution in [3.05, 3.63) is 40.4 Å². The predicted octanol–water partition coefficient (Wildman–Crippen LogP) is 2.26. The van der Waals surface area contributed by atoms with E-state index >= 15 is 0 Å². The van der Waals surface area contributed by atoms with Crippen molar-refractivity contribution in [3.63, 3.8) is 0 Å². The average Bonchev–Trinajstić information content (AvgIpc) is 3.26. The van der Waals surface area contributed by atoms with Crippen LogP contribution < -0.4 is 4.90 Å². The maximum Gasteiger partial charge on any atom is 0.305 e. The Morgan fingerprint density at radius 1 is 1.14 bits per heavy atom. The highest BCUT2D eigenvalue weighted by molar-refractivity contribution is 6.38. The third kappa shape index (κ3) is 2.94. The van der Waals surface area contributed by atoms with Crippen LogP contribution in [0, 0.1) is 11.8 Å². The molecule has 4 rings (SSSR count). The molecule has 0 aromatic heterocycles. The van der Waals surface area contributed by atoms with Crippen LogP contribution in [-0.4, -0.2) is 41.7 Å². The molecule has 1 aromatic rings. The SMILES string of the molecule is CC(=O)OC(OC(C)=O)[C@@]12C=C[C@H](O1)[C@H]1C(=O)N(c3ccc(Cl)cc3Cl)C(=O)[C@H]12. The lowest BCUT2D eigenvalue weighted by Gasteiger charge is -2.34. The molecular formula is C19H15Cl2NO7. The average molecular weight is 440 g/mol. The summed E-state index contributed by atoms with van der Waals surface area (Å²) in [6.45, 7) is 2.27. The van der Waals surface area contributed by atoms with Crippen LogP contribution in [0.25, 0.3) is 0 Å². The molecule has 152 valence electrons. The van der Waals surface area contributed by atoms with Gasteiger partial charge in [0.25, 0.3) is 6.29 Å². The maximum atomic E-state index is 13.3. The summed E-state index contributed by atoms with van der Waals surface area (Å²) in [6, 6.07) is 4.41. The van der Waals surface area contributed by atoms with Crippen molar-refractivity contribution >= 4 is 52.6 Å². The van der Waals surface area contributed by atoms with Gasteiger partial charge in [-0.05, 0) is 24.3 Å². The zero-order chi connectivity index (χ0) is 21.1. The monoisotopic (exact) mass is 439 g/mol. The molecule has 3 aliphatic rings. The number of fused-ring (bicyclic) bond motifs is 5. The predicted molar refractivity (Wildman–Crippen MR) is 100.0 cm³/mol. The van der Waals surface area contributed by atoms with Crippen LogP contribution in [0.2, 0.25) is 10.0 Å². The summed E-state index contributed by atoms with van der Waals surface area (Å²) in [7, 11) is 0. The van der Waals surface area contributed by atoms with Gasteiger partial charge in [-0.1, -0.05) is 29.3 Å². The largest absolute Gasteiger partial charge is 0.422 e. The summed E-state index contributed by atoms with van der Waals surface area (Å²) in [6.07, 6.45) is 0.847. The van der Waals surface area contributed by atoms with Crippen LogP contribution in [0.5, 0.6) is 0 Å². The Bertz CT molecular complexity index is 961. The Kier molecular flexibility index (Phi) is 4.68. The van der Waals surface area contributed by atoms with Gasteiger partial charge in [0.15, 0.2) is 5.60 Å². The molecule has 0 radical (unpaired) electrons. The first kappa shape index (κ1) is 19.9. The van der Waals surface area contributed by atoms with Crippen molar-refractivity contribution in [2.24, 2.45) is 11.8 Å². The van der Waals surface area contributed by atoms with E-state index < -0.39 is 53.6 Å². The van der Waals surface area contributed by atoms with Gasteiger partial charge in [0.2, 0.25) is 11.8 Å². The van der Waals surface area contributed by atoms with Gasteiger partial charge in [0.05, 0.1) is 28.6 Å². The molecular weight excluding hydrogens is 425 g/mol. The number of hydrogen-bond acceptors (Lipinski definition) is 7. The second-order valence-electron chi connectivity index (χ2n) is 6.96. The van der Waals surface area contributed by atoms with Crippen molar-refractivity contribution in [1.82, 2.24) is 0 Å². The Morgan fingerprint density at radius 3 is 2.38 bits per heavy atom. The number of ether oxygens (including phenoxy) is 3. The first-order chi connectivity index (χ1) is 13.7. The highest BCUT2D eigenvalue weighted by atomic mass is 35.5. The van der Waals surface area contributed by atoms with Gasteiger partial charge in [-0.25, -0.2) is 4.90 Å². The highest BCUT2D eigenvalue weighted by Crippen LogP contribution is 2.55. The number of benzene rings is 1. The van der Waals surface area contributed by atoms with E-state index in [4.69, 9.17) is 37.4 Å². The number of imide groups is 1. The zero-order valence-corrected chi connectivity index (χ0v) is 16.8. The summed E-state index contributed by atoms with van der Waals surface area (Å²) in [5.74, 6) is -4.49. The minimum absolute atomic E-state index is 0.131. The summed E-state index contributed by atoms with van der Waals surface area (Å²) in [5, 5.41) is 0.482. The molecule has 29 heavy (non-hydrogen) atoms. The summed E-state index contributed by atoms with van der Waals surface area (Å²) in [4.78, 5) is 50.6.